The topological polar surface area (TPSA) is 35.6 Å². The smallest absolute Gasteiger partial charge is 0.225 e. The van der Waals surface area contributed by atoms with E-state index in [9.17, 15) is 4.79 Å². The zero-order valence-corrected chi connectivity index (χ0v) is 13.1. The molecule has 0 radical (unpaired) electrons. The lowest BCUT2D eigenvalue weighted by atomic mass is 10.2. The Bertz CT molecular complexity index is 418. The van der Waals surface area contributed by atoms with Crippen LogP contribution in [0.25, 0.3) is 0 Å². The summed E-state index contributed by atoms with van der Waals surface area (Å²) in [5.74, 6) is 0.0734. The van der Waals surface area contributed by atoms with Crippen LogP contribution in [0.3, 0.4) is 0 Å². The molecule has 4 heteroatoms. The van der Waals surface area contributed by atoms with Gasteiger partial charge in [-0.2, -0.15) is 0 Å². The molecule has 1 rings (SSSR count). The number of hydrogen-bond donors (Lipinski definition) is 1. The molecule has 0 spiro atoms. The zero-order chi connectivity index (χ0) is 15.0. The van der Waals surface area contributed by atoms with E-state index in [0.29, 0.717) is 6.42 Å². The molecule has 0 aliphatic heterocycles. The number of carbonyl (C=O) groups excluding carboxylic acids is 1. The normalized spacial score (nSPS) is 10.7. The molecule has 1 aromatic rings. The Balaban J connectivity index is 2.40. The van der Waals surface area contributed by atoms with Gasteiger partial charge in [-0.25, -0.2) is 0 Å². The van der Waals surface area contributed by atoms with Gasteiger partial charge in [0.1, 0.15) is 0 Å². The first kappa shape index (κ1) is 16.5. The van der Waals surface area contributed by atoms with E-state index >= 15 is 0 Å². The highest BCUT2D eigenvalue weighted by Crippen LogP contribution is 2.17. The Morgan fingerprint density at radius 1 is 1.20 bits per heavy atom. The predicted molar refractivity (Wildman–Crippen MR) is 86.4 cm³/mol. The van der Waals surface area contributed by atoms with Crippen molar-refractivity contribution in [1.82, 2.24) is 4.90 Å². The average Bonchev–Trinajstić information content (AvgIpc) is 2.43. The Morgan fingerprint density at radius 3 is 2.60 bits per heavy atom. The molecule has 0 aliphatic rings. The minimum atomic E-state index is 0.0734. The lowest BCUT2D eigenvalue weighted by Crippen LogP contribution is -2.25. The minimum Gasteiger partial charge on any atom is -0.378 e. The van der Waals surface area contributed by atoms with Crippen LogP contribution in [-0.4, -0.2) is 45.0 Å². The summed E-state index contributed by atoms with van der Waals surface area (Å²) in [6.45, 7) is 4.04. The van der Waals surface area contributed by atoms with Gasteiger partial charge in [-0.3, -0.25) is 4.79 Å². The molecule has 0 saturated carbocycles. The molecule has 1 N–H and O–H groups in total. The van der Waals surface area contributed by atoms with Gasteiger partial charge in [-0.05, 0) is 38.2 Å². The van der Waals surface area contributed by atoms with Crippen molar-refractivity contribution in [3.8, 4) is 0 Å². The number of amides is 1. The van der Waals surface area contributed by atoms with Gasteiger partial charge in [0.2, 0.25) is 5.91 Å². The quantitative estimate of drug-likeness (QED) is 0.793. The molecule has 112 valence electrons. The minimum absolute atomic E-state index is 0.0734. The third kappa shape index (κ3) is 6.06. The molecule has 0 atom stereocenters. The fourth-order valence-electron chi connectivity index (χ4n) is 1.92. The molecule has 0 aliphatic carbocycles. The Hall–Kier alpha value is -1.55. The number of anilines is 2. The van der Waals surface area contributed by atoms with Gasteiger partial charge in [-0.1, -0.05) is 19.4 Å². The third-order valence-electron chi connectivity index (χ3n) is 3.26. The highest BCUT2D eigenvalue weighted by atomic mass is 16.1. The van der Waals surface area contributed by atoms with Gasteiger partial charge in [0, 0.05) is 38.4 Å². The largest absolute Gasteiger partial charge is 0.378 e. The average molecular weight is 277 g/mol. The summed E-state index contributed by atoms with van der Waals surface area (Å²) in [6.07, 6.45) is 2.91. The van der Waals surface area contributed by atoms with E-state index in [-0.39, 0.29) is 5.91 Å². The summed E-state index contributed by atoms with van der Waals surface area (Å²) < 4.78 is 0. The van der Waals surface area contributed by atoms with Crippen LogP contribution in [0.5, 0.6) is 0 Å². The summed E-state index contributed by atoms with van der Waals surface area (Å²) >= 11 is 0. The fraction of sp³-hybridized carbons (Fsp3) is 0.562. The Morgan fingerprint density at radius 2 is 1.95 bits per heavy atom. The summed E-state index contributed by atoms with van der Waals surface area (Å²) in [5, 5.41) is 2.96. The maximum absolute atomic E-state index is 11.9. The van der Waals surface area contributed by atoms with E-state index in [1.54, 1.807) is 0 Å². The monoisotopic (exact) mass is 277 g/mol. The molecule has 0 fully saturated rings. The molecule has 1 aromatic carbocycles. The maximum atomic E-state index is 11.9. The molecule has 20 heavy (non-hydrogen) atoms. The van der Waals surface area contributed by atoms with E-state index in [2.05, 4.69) is 24.2 Å². The van der Waals surface area contributed by atoms with Crippen LogP contribution in [-0.2, 0) is 4.79 Å². The van der Waals surface area contributed by atoms with Crippen LogP contribution in [0, 0.1) is 0 Å². The van der Waals surface area contributed by atoms with Gasteiger partial charge in [-0.15, -0.1) is 0 Å². The number of rotatable bonds is 8. The van der Waals surface area contributed by atoms with E-state index in [4.69, 9.17) is 0 Å². The standard InChI is InChI=1S/C16H27N3O/c1-5-6-11-19(4)12-10-16(20)17-14-8-7-9-15(13-14)18(2)3/h7-9,13H,5-6,10-12H2,1-4H3,(H,17,20). The molecule has 0 saturated heterocycles. The van der Waals surface area contributed by atoms with Crippen LogP contribution in [0.15, 0.2) is 24.3 Å². The van der Waals surface area contributed by atoms with Crippen molar-refractivity contribution >= 4 is 17.3 Å². The van der Waals surface area contributed by atoms with Crippen molar-refractivity contribution in [2.75, 3.05) is 44.4 Å². The molecule has 1 amide bonds. The van der Waals surface area contributed by atoms with Crippen molar-refractivity contribution in [2.45, 2.75) is 26.2 Å². The first-order valence-electron chi connectivity index (χ1n) is 7.28. The van der Waals surface area contributed by atoms with Crippen LogP contribution in [0.1, 0.15) is 26.2 Å². The number of nitrogens with one attached hydrogen (secondary N) is 1. The highest BCUT2D eigenvalue weighted by molar-refractivity contribution is 5.91. The molecular weight excluding hydrogens is 250 g/mol. The Kier molecular flexibility index (Phi) is 7.09. The number of nitrogens with zero attached hydrogens (tertiary/aromatic N) is 2. The number of benzene rings is 1. The van der Waals surface area contributed by atoms with Crippen molar-refractivity contribution in [2.24, 2.45) is 0 Å². The van der Waals surface area contributed by atoms with E-state index in [1.165, 1.54) is 12.8 Å². The fourth-order valence-corrected chi connectivity index (χ4v) is 1.92. The second-order valence-corrected chi connectivity index (χ2v) is 5.40. The van der Waals surface area contributed by atoms with Crippen molar-refractivity contribution < 1.29 is 4.79 Å². The summed E-state index contributed by atoms with van der Waals surface area (Å²) in [4.78, 5) is 16.2. The first-order valence-corrected chi connectivity index (χ1v) is 7.28. The molecular formula is C16H27N3O. The van der Waals surface area contributed by atoms with Crippen LogP contribution >= 0.6 is 0 Å². The zero-order valence-electron chi connectivity index (χ0n) is 13.1. The third-order valence-corrected chi connectivity index (χ3v) is 3.26. The van der Waals surface area contributed by atoms with Crippen molar-refractivity contribution in [3.05, 3.63) is 24.3 Å². The predicted octanol–water partition coefficient (Wildman–Crippen LogP) is 2.81. The molecule has 0 unspecified atom stereocenters. The molecule has 0 heterocycles. The number of carbonyl (C=O) groups is 1. The molecule has 0 aromatic heterocycles. The van der Waals surface area contributed by atoms with Crippen LogP contribution in [0.4, 0.5) is 11.4 Å². The molecule has 0 bridgehead atoms. The number of unbranched alkanes of at least 4 members (excludes halogenated alkanes) is 1. The highest BCUT2D eigenvalue weighted by Gasteiger charge is 2.05. The number of hydrogen-bond acceptors (Lipinski definition) is 3. The summed E-state index contributed by atoms with van der Waals surface area (Å²) in [6, 6.07) is 7.89. The van der Waals surface area contributed by atoms with Gasteiger partial charge >= 0.3 is 0 Å². The summed E-state index contributed by atoms with van der Waals surface area (Å²) in [5.41, 5.74) is 1.94. The second-order valence-electron chi connectivity index (χ2n) is 5.40. The van der Waals surface area contributed by atoms with Gasteiger partial charge in [0.25, 0.3) is 0 Å². The van der Waals surface area contributed by atoms with Crippen LogP contribution in [0.2, 0.25) is 0 Å². The lowest BCUT2D eigenvalue weighted by molar-refractivity contribution is -0.116. The van der Waals surface area contributed by atoms with E-state index in [1.807, 2.05) is 43.3 Å². The molecule has 4 nitrogen and oxygen atoms in total. The van der Waals surface area contributed by atoms with E-state index < -0.39 is 0 Å². The van der Waals surface area contributed by atoms with Gasteiger partial charge in [0.15, 0.2) is 0 Å². The van der Waals surface area contributed by atoms with Crippen LogP contribution < -0.4 is 10.2 Å². The maximum Gasteiger partial charge on any atom is 0.225 e. The van der Waals surface area contributed by atoms with E-state index in [0.717, 1.165) is 24.5 Å². The van der Waals surface area contributed by atoms with Gasteiger partial charge < -0.3 is 15.1 Å². The SMILES string of the molecule is CCCCN(C)CCC(=O)Nc1cccc(N(C)C)c1. The van der Waals surface area contributed by atoms with Crippen molar-refractivity contribution in [3.63, 3.8) is 0 Å². The first-order chi connectivity index (χ1) is 9.52. The summed E-state index contributed by atoms with van der Waals surface area (Å²) in [7, 11) is 6.04. The second kappa shape index (κ2) is 8.59. The van der Waals surface area contributed by atoms with Gasteiger partial charge in [0.05, 0.1) is 0 Å². The van der Waals surface area contributed by atoms with Crippen molar-refractivity contribution in [1.29, 1.82) is 0 Å². The lowest BCUT2D eigenvalue weighted by Gasteiger charge is -2.16. The Labute approximate surface area is 122 Å².